The fraction of sp³-hybridized carbons (Fsp3) is 0.167. The maximum absolute atomic E-state index is 12.5. The number of aromatic nitrogens is 2. The monoisotopic (exact) mass is 375 g/mol. The molecule has 0 aliphatic rings. The van der Waals surface area contributed by atoms with E-state index in [2.05, 4.69) is 10.3 Å². The van der Waals surface area contributed by atoms with E-state index >= 15 is 0 Å². The van der Waals surface area contributed by atoms with Gasteiger partial charge in [0, 0.05) is 10.7 Å². The number of carbonyl (C=O) groups is 1. The summed E-state index contributed by atoms with van der Waals surface area (Å²) in [6, 6.07) is 8.65. The van der Waals surface area contributed by atoms with E-state index in [4.69, 9.17) is 23.2 Å². The standard InChI is InChI=1S/C18H15Cl2N3O2/c1-10-3-4-13(5-11(10)2)22-16(24)8-23-9-21-17-14(18(23)25)6-12(19)7-15(17)20/h3-7,9H,8H2,1-2H3,(H,22,24). The Morgan fingerprint density at radius 3 is 2.64 bits per heavy atom. The maximum atomic E-state index is 12.5. The van der Waals surface area contributed by atoms with Gasteiger partial charge < -0.3 is 5.32 Å². The molecule has 7 heteroatoms. The molecule has 0 unspecified atom stereocenters. The van der Waals surface area contributed by atoms with E-state index in [1.165, 1.54) is 23.0 Å². The van der Waals surface area contributed by atoms with Crippen LogP contribution in [0.1, 0.15) is 11.1 Å². The molecule has 0 bridgehead atoms. The molecule has 0 atom stereocenters. The Morgan fingerprint density at radius 1 is 1.16 bits per heavy atom. The van der Waals surface area contributed by atoms with Gasteiger partial charge in [0.1, 0.15) is 6.54 Å². The van der Waals surface area contributed by atoms with Gasteiger partial charge in [-0.15, -0.1) is 0 Å². The second-order valence-electron chi connectivity index (χ2n) is 5.81. The fourth-order valence-corrected chi connectivity index (χ4v) is 3.02. The van der Waals surface area contributed by atoms with Gasteiger partial charge >= 0.3 is 0 Å². The van der Waals surface area contributed by atoms with Crippen molar-refractivity contribution in [3.05, 3.63) is 68.2 Å². The van der Waals surface area contributed by atoms with E-state index in [0.29, 0.717) is 21.2 Å². The molecule has 0 fully saturated rings. The zero-order valence-corrected chi connectivity index (χ0v) is 15.1. The molecule has 0 spiro atoms. The molecule has 2 aromatic carbocycles. The van der Waals surface area contributed by atoms with Crippen LogP contribution in [0, 0.1) is 13.8 Å². The number of aryl methyl sites for hydroxylation is 2. The van der Waals surface area contributed by atoms with Gasteiger partial charge in [0.05, 0.1) is 22.3 Å². The van der Waals surface area contributed by atoms with Crippen molar-refractivity contribution in [2.45, 2.75) is 20.4 Å². The van der Waals surface area contributed by atoms with Crippen LogP contribution in [-0.2, 0) is 11.3 Å². The van der Waals surface area contributed by atoms with Gasteiger partial charge in [-0.25, -0.2) is 4.98 Å². The zero-order chi connectivity index (χ0) is 18.1. The number of hydrogen-bond acceptors (Lipinski definition) is 3. The lowest BCUT2D eigenvalue weighted by Gasteiger charge is -2.10. The first kappa shape index (κ1) is 17.5. The van der Waals surface area contributed by atoms with Crippen molar-refractivity contribution in [1.82, 2.24) is 9.55 Å². The number of nitrogens with zero attached hydrogens (tertiary/aromatic N) is 2. The molecule has 0 radical (unpaired) electrons. The largest absolute Gasteiger partial charge is 0.325 e. The quantitative estimate of drug-likeness (QED) is 0.753. The maximum Gasteiger partial charge on any atom is 0.261 e. The average Bonchev–Trinajstić information content (AvgIpc) is 2.54. The van der Waals surface area contributed by atoms with Crippen molar-refractivity contribution in [2.75, 3.05) is 5.32 Å². The van der Waals surface area contributed by atoms with E-state index in [1.807, 2.05) is 32.0 Å². The van der Waals surface area contributed by atoms with Crippen molar-refractivity contribution in [3.63, 3.8) is 0 Å². The van der Waals surface area contributed by atoms with Gasteiger partial charge in [-0.3, -0.25) is 14.2 Å². The number of carbonyl (C=O) groups excluding carboxylic acids is 1. The molecule has 1 amide bonds. The van der Waals surface area contributed by atoms with Crippen LogP contribution in [0.4, 0.5) is 5.69 Å². The minimum atomic E-state index is -0.371. The van der Waals surface area contributed by atoms with Crippen LogP contribution in [0.3, 0.4) is 0 Å². The second-order valence-corrected chi connectivity index (χ2v) is 6.65. The summed E-state index contributed by atoms with van der Waals surface area (Å²) in [7, 11) is 0. The van der Waals surface area contributed by atoms with Crippen LogP contribution < -0.4 is 10.9 Å². The van der Waals surface area contributed by atoms with Gasteiger partial charge in [0.15, 0.2) is 0 Å². The number of hydrogen-bond donors (Lipinski definition) is 1. The van der Waals surface area contributed by atoms with Gasteiger partial charge in [-0.1, -0.05) is 29.3 Å². The predicted molar refractivity (Wildman–Crippen MR) is 101 cm³/mol. The average molecular weight is 376 g/mol. The highest BCUT2D eigenvalue weighted by Gasteiger charge is 2.11. The van der Waals surface area contributed by atoms with Crippen molar-refractivity contribution in [1.29, 1.82) is 0 Å². The van der Waals surface area contributed by atoms with E-state index < -0.39 is 0 Å². The van der Waals surface area contributed by atoms with E-state index in [1.54, 1.807) is 0 Å². The van der Waals surface area contributed by atoms with Crippen LogP contribution >= 0.6 is 23.2 Å². The number of rotatable bonds is 3. The number of fused-ring (bicyclic) bond motifs is 1. The summed E-state index contributed by atoms with van der Waals surface area (Å²) < 4.78 is 1.23. The molecular weight excluding hydrogens is 361 g/mol. The third-order valence-corrected chi connectivity index (χ3v) is 4.46. The van der Waals surface area contributed by atoms with E-state index in [0.717, 1.165) is 11.1 Å². The zero-order valence-electron chi connectivity index (χ0n) is 13.6. The van der Waals surface area contributed by atoms with E-state index in [9.17, 15) is 9.59 Å². The first-order chi connectivity index (χ1) is 11.8. The highest BCUT2D eigenvalue weighted by atomic mass is 35.5. The summed E-state index contributed by atoms with van der Waals surface area (Å²) in [6.45, 7) is 3.81. The normalized spacial score (nSPS) is 10.9. The highest BCUT2D eigenvalue weighted by molar-refractivity contribution is 6.38. The topological polar surface area (TPSA) is 64.0 Å². The molecule has 25 heavy (non-hydrogen) atoms. The number of halogens is 2. The number of nitrogens with one attached hydrogen (secondary N) is 1. The van der Waals surface area contributed by atoms with Crippen molar-refractivity contribution in [2.24, 2.45) is 0 Å². The third-order valence-electron chi connectivity index (χ3n) is 3.95. The first-order valence-electron chi connectivity index (χ1n) is 7.56. The lowest BCUT2D eigenvalue weighted by Crippen LogP contribution is -2.28. The molecule has 0 aliphatic carbocycles. The van der Waals surface area contributed by atoms with Crippen molar-refractivity contribution < 1.29 is 4.79 Å². The molecule has 3 rings (SSSR count). The molecule has 1 heterocycles. The summed E-state index contributed by atoms with van der Waals surface area (Å²) >= 11 is 12.0. The summed E-state index contributed by atoms with van der Waals surface area (Å²) in [5.74, 6) is -0.320. The van der Waals surface area contributed by atoms with Crippen LogP contribution in [0.25, 0.3) is 10.9 Å². The second kappa shape index (κ2) is 6.86. The predicted octanol–water partition coefficient (Wildman–Crippen LogP) is 3.96. The van der Waals surface area contributed by atoms with Crippen LogP contribution in [0.5, 0.6) is 0 Å². The lowest BCUT2D eigenvalue weighted by atomic mass is 10.1. The molecular formula is C18H15Cl2N3O2. The molecule has 0 saturated carbocycles. The Balaban J connectivity index is 1.87. The van der Waals surface area contributed by atoms with Crippen LogP contribution in [0.2, 0.25) is 10.0 Å². The summed E-state index contributed by atoms with van der Waals surface area (Å²) in [6.07, 6.45) is 1.31. The molecule has 3 aromatic rings. The molecule has 5 nitrogen and oxygen atoms in total. The van der Waals surface area contributed by atoms with Crippen molar-refractivity contribution in [3.8, 4) is 0 Å². The number of benzene rings is 2. The smallest absolute Gasteiger partial charge is 0.261 e. The van der Waals surface area contributed by atoms with Gasteiger partial charge in [-0.05, 0) is 49.2 Å². The fourth-order valence-electron chi connectivity index (χ4n) is 2.48. The molecule has 0 saturated heterocycles. The summed E-state index contributed by atoms with van der Waals surface area (Å²) in [5.41, 5.74) is 2.89. The third kappa shape index (κ3) is 3.67. The molecule has 0 aliphatic heterocycles. The Kier molecular flexibility index (Phi) is 4.79. The number of anilines is 1. The first-order valence-corrected chi connectivity index (χ1v) is 8.32. The van der Waals surface area contributed by atoms with E-state index in [-0.39, 0.29) is 23.4 Å². The number of amides is 1. The summed E-state index contributed by atoms with van der Waals surface area (Å²) in [4.78, 5) is 29.0. The summed E-state index contributed by atoms with van der Waals surface area (Å²) in [5, 5.41) is 3.69. The highest BCUT2D eigenvalue weighted by Crippen LogP contribution is 2.24. The Labute approximate surface area is 154 Å². The molecule has 128 valence electrons. The van der Waals surface area contributed by atoms with Crippen molar-refractivity contribution >= 4 is 45.7 Å². The molecule has 1 aromatic heterocycles. The minimum absolute atomic E-state index is 0.154. The SMILES string of the molecule is Cc1ccc(NC(=O)Cn2cnc3c(Cl)cc(Cl)cc3c2=O)cc1C. The van der Waals surface area contributed by atoms with Gasteiger partial charge in [0.25, 0.3) is 5.56 Å². The lowest BCUT2D eigenvalue weighted by molar-refractivity contribution is -0.116. The minimum Gasteiger partial charge on any atom is -0.325 e. The van der Waals surface area contributed by atoms with Gasteiger partial charge in [-0.2, -0.15) is 0 Å². The Hall–Kier alpha value is -2.37. The van der Waals surface area contributed by atoms with Gasteiger partial charge in [0.2, 0.25) is 5.91 Å². The van der Waals surface area contributed by atoms with Crippen LogP contribution in [-0.4, -0.2) is 15.5 Å². The Bertz CT molecular complexity index is 1040. The van der Waals surface area contributed by atoms with Crippen LogP contribution in [0.15, 0.2) is 41.5 Å². The Morgan fingerprint density at radius 2 is 1.92 bits per heavy atom. The molecule has 1 N–H and O–H groups in total.